The van der Waals surface area contributed by atoms with E-state index in [4.69, 9.17) is 5.73 Å². The lowest BCUT2D eigenvalue weighted by atomic mass is 10.2. The van der Waals surface area contributed by atoms with Crippen molar-refractivity contribution in [3.63, 3.8) is 0 Å². The Kier molecular flexibility index (Phi) is 7.42. The minimum absolute atomic E-state index is 0.0578. The number of nitrogens with zero attached hydrogens (tertiary/aromatic N) is 3. The lowest BCUT2D eigenvalue weighted by molar-refractivity contribution is 0.310. The summed E-state index contributed by atoms with van der Waals surface area (Å²) in [4.78, 5) is 6.67. The minimum Gasteiger partial charge on any atom is -0.370 e. The summed E-state index contributed by atoms with van der Waals surface area (Å²) in [6, 6.07) is 8.32. The second-order valence-corrected chi connectivity index (χ2v) is 12.4. The number of rotatable bonds is 7. The Hall–Kier alpha value is -1.36. The zero-order chi connectivity index (χ0) is 20.9. The molecule has 29 heavy (non-hydrogen) atoms. The molecule has 0 atom stereocenters. The van der Waals surface area contributed by atoms with E-state index in [1.807, 2.05) is 0 Å². The maximum atomic E-state index is 11.9. The van der Waals surface area contributed by atoms with Gasteiger partial charge < -0.3 is 20.4 Å². The molecule has 0 radical (unpaired) electrons. The van der Waals surface area contributed by atoms with Gasteiger partial charge in [-0.25, -0.2) is 16.8 Å². The molecule has 0 aromatic heterocycles. The summed E-state index contributed by atoms with van der Waals surface area (Å²) >= 11 is 0. The highest BCUT2D eigenvalue weighted by Gasteiger charge is 2.22. The molecule has 1 aromatic carbocycles. The molecule has 2 fully saturated rings. The van der Waals surface area contributed by atoms with Crippen LogP contribution in [0.15, 0.2) is 24.3 Å². The van der Waals surface area contributed by atoms with Gasteiger partial charge in [0, 0.05) is 57.2 Å². The van der Waals surface area contributed by atoms with Crippen LogP contribution in [-0.2, 0) is 19.7 Å². The van der Waals surface area contributed by atoms with E-state index in [1.54, 1.807) is 0 Å². The molecule has 3 rings (SSSR count). The van der Waals surface area contributed by atoms with Crippen LogP contribution in [0.3, 0.4) is 0 Å². The second kappa shape index (κ2) is 9.63. The molecule has 2 saturated heterocycles. The van der Waals surface area contributed by atoms with Gasteiger partial charge in [-0.3, -0.25) is 0 Å². The third kappa shape index (κ3) is 6.56. The number of benzene rings is 1. The highest BCUT2D eigenvalue weighted by atomic mass is 32.2. The summed E-state index contributed by atoms with van der Waals surface area (Å²) in [6.07, 6.45) is 0.989. The van der Waals surface area contributed by atoms with E-state index in [0.29, 0.717) is 19.6 Å². The van der Waals surface area contributed by atoms with Gasteiger partial charge in [0.1, 0.15) is 0 Å². The van der Waals surface area contributed by atoms with Crippen LogP contribution in [0.5, 0.6) is 0 Å². The number of sulfone groups is 2. The molecule has 1 aromatic rings. The van der Waals surface area contributed by atoms with Gasteiger partial charge in [-0.1, -0.05) is 0 Å². The molecule has 2 aliphatic heterocycles. The first-order valence-electron chi connectivity index (χ1n) is 10.2. The Morgan fingerprint density at radius 1 is 0.828 bits per heavy atom. The minimum atomic E-state index is -3.05. The Balaban J connectivity index is 1.52. The molecule has 0 bridgehead atoms. The van der Waals surface area contributed by atoms with E-state index in [9.17, 15) is 16.8 Å². The van der Waals surface area contributed by atoms with Crippen LogP contribution >= 0.6 is 0 Å². The quantitative estimate of drug-likeness (QED) is 0.617. The van der Waals surface area contributed by atoms with Crippen LogP contribution < -0.4 is 15.5 Å². The SMILES string of the molecule is NCCS(=O)(=O)CCN1CCCN(c2ccc(N3CCS(=O)(=O)CC3)cc2)CC1. The maximum Gasteiger partial charge on any atom is 0.153 e. The predicted molar refractivity (Wildman–Crippen MR) is 118 cm³/mol. The van der Waals surface area contributed by atoms with E-state index in [0.717, 1.165) is 44.0 Å². The van der Waals surface area contributed by atoms with Crippen molar-refractivity contribution >= 4 is 31.0 Å². The average molecular weight is 445 g/mol. The highest BCUT2D eigenvalue weighted by Crippen LogP contribution is 2.23. The molecule has 10 heteroatoms. The van der Waals surface area contributed by atoms with Crippen LogP contribution in [0.25, 0.3) is 0 Å². The van der Waals surface area contributed by atoms with Crippen LogP contribution in [0, 0.1) is 0 Å². The predicted octanol–water partition coefficient (Wildman–Crippen LogP) is -0.193. The summed E-state index contributed by atoms with van der Waals surface area (Å²) < 4.78 is 47.0. The standard InChI is InChI=1S/C19H32N4O4S2/c20-6-14-28(24,25)15-11-21-7-1-8-22(10-9-21)18-2-4-19(5-3-18)23-12-16-29(26,27)17-13-23/h2-5H,1,6-17,20H2. The third-order valence-electron chi connectivity index (χ3n) is 5.66. The average Bonchev–Trinajstić information content (AvgIpc) is 2.92. The van der Waals surface area contributed by atoms with Crippen LogP contribution in [0.2, 0.25) is 0 Å². The van der Waals surface area contributed by atoms with Gasteiger partial charge in [0.25, 0.3) is 0 Å². The molecule has 0 spiro atoms. The second-order valence-electron chi connectivity index (χ2n) is 7.78. The van der Waals surface area contributed by atoms with Crippen LogP contribution in [-0.4, -0.2) is 97.1 Å². The molecule has 2 N–H and O–H groups in total. The summed E-state index contributed by atoms with van der Waals surface area (Å²) in [7, 11) is -5.93. The number of nitrogens with two attached hydrogens (primary N) is 1. The first-order valence-corrected chi connectivity index (χ1v) is 13.9. The van der Waals surface area contributed by atoms with E-state index in [-0.39, 0.29) is 29.6 Å². The molecule has 2 aliphatic rings. The van der Waals surface area contributed by atoms with E-state index in [2.05, 4.69) is 39.0 Å². The van der Waals surface area contributed by atoms with Gasteiger partial charge in [-0.05, 0) is 37.2 Å². The largest absolute Gasteiger partial charge is 0.370 e. The highest BCUT2D eigenvalue weighted by molar-refractivity contribution is 7.91. The first kappa shape index (κ1) is 22.3. The number of anilines is 2. The van der Waals surface area contributed by atoms with Gasteiger partial charge in [0.05, 0.1) is 23.0 Å². The maximum absolute atomic E-state index is 11.9. The molecular weight excluding hydrogens is 412 g/mol. The Morgan fingerprint density at radius 2 is 1.41 bits per heavy atom. The molecule has 0 amide bonds. The van der Waals surface area contributed by atoms with Gasteiger partial charge in [-0.2, -0.15) is 0 Å². The first-order chi connectivity index (χ1) is 13.8. The van der Waals surface area contributed by atoms with Crippen molar-refractivity contribution in [1.82, 2.24) is 4.90 Å². The topological polar surface area (TPSA) is 104 Å². The lowest BCUT2D eigenvalue weighted by Crippen LogP contribution is -2.40. The van der Waals surface area contributed by atoms with Crippen molar-refractivity contribution in [2.45, 2.75) is 6.42 Å². The summed E-state index contributed by atoms with van der Waals surface area (Å²) in [5.41, 5.74) is 7.58. The van der Waals surface area contributed by atoms with Crippen LogP contribution in [0.1, 0.15) is 6.42 Å². The van der Waals surface area contributed by atoms with E-state index >= 15 is 0 Å². The smallest absolute Gasteiger partial charge is 0.153 e. The van der Waals surface area contributed by atoms with E-state index in [1.165, 1.54) is 0 Å². The fraction of sp³-hybridized carbons (Fsp3) is 0.684. The fourth-order valence-corrected chi connectivity index (χ4v) is 6.15. The van der Waals surface area contributed by atoms with Crippen LogP contribution in [0.4, 0.5) is 11.4 Å². The Bertz CT molecular complexity index is 858. The molecular formula is C19H32N4O4S2. The van der Waals surface area contributed by atoms with E-state index < -0.39 is 19.7 Å². The van der Waals surface area contributed by atoms with Crippen molar-refractivity contribution in [1.29, 1.82) is 0 Å². The molecule has 164 valence electrons. The Morgan fingerprint density at radius 3 is 2.00 bits per heavy atom. The number of hydrogen-bond donors (Lipinski definition) is 1. The van der Waals surface area contributed by atoms with Crippen molar-refractivity contribution in [2.24, 2.45) is 5.73 Å². The molecule has 2 heterocycles. The zero-order valence-electron chi connectivity index (χ0n) is 16.9. The number of hydrogen-bond acceptors (Lipinski definition) is 8. The summed E-state index contributed by atoms with van der Waals surface area (Å²) in [6.45, 7) is 5.37. The summed E-state index contributed by atoms with van der Waals surface area (Å²) in [5.74, 6) is 0.669. The molecule has 0 saturated carbocycles. The molecule has 0 unspecified atom stereocenters. The lowest BCUT2D eigenvalue weighted by Gasteiger charge is -2.29. The van der Waals surface area contributed by atoms with Gasteiger partial charge in [-0.15, -0.1) is 0 Å². The normalized spacial score (nSPS) is 21.1. The van der Waals surface area contributed by atoms with Crippen molar-refractivity contribution in [3.8, 4) is 0 Å². The fourth-order valence-electron chi connectivity index (χ4n) is 3.85. The summed E-state index contributed by atoms with van der Waals surface area (Å²) in [5, 5.41) is 0. The monoisotopic (exact) mass is 444 g/mol. The van der Waals surface area contributed by atoms with Crippen molar-refractivity contribution in [3.05, 3.63) is 24.3 Å². The van der Waals surface area contributed by atoms with Gasteiger partial charge in [0.2, 0.25) is 0 Å². The Labute approximate surface area is 174 Å². The van der Waals surface area contributed by atoms with Crippen molar-refractivity contribution < 1.29 is 16.8 Å². The zero-order valence-corrected chi connectivity index (χ0v) is 18.5. The van der Waals surface area contributed by atoms with Crippen molar-refractivity contribution in [2.75, 3.05) is 85.2 Å². The third-order valence-corrected chi connectivity index (χ3v) is 8.93. The van der Waals surface area contributed by atoms with Gasteiger partial charge in [0.15, 0.2) is 19.7 Å². The van der Waals surface area contributed by atoms with Gasteiger partial charge >= 0.3 is 0 Å². The molecule has 8 nitrogen and oxygen atoms in total. The molecule has 0 aliphatic carbocycles.